The molecule has 7 heteroatoms. The molecule has 2 aromatic rings. The zero-order valence-corrected chi connectivity index (χ0v) is 16.1. The van der Waals surface area contributed by atoms with Gasteiger partial charge in [0.1, 0.15) is 5.69 Å². The summed E-state index contributed by atoms with van der Waals surface area (Å²) in [6.07, 6.45) is 0.333. The third-order valence-corrected chi connectivity index (χ3v) is 5.85. The van der Waals surface area contributed by atoms with Gasteiger partial charge in [-0.1, -0.05) is 30.3 Å². The minimum Gasteiger partial charge on any atom is -0.354 e. The van der Waals surface area contributed by atoms with E-state index >= 15 is 0 Å². The summed E-state index contributed by atoms with van der Waals surface area (Å²) in [4.78, 5) is 26.8. The molecule has 0 saturated heterocycles. The van der Waals surface area contributed by atoms with Crippen molar-refractivity contribution in [3.63, 3.8) is 0 Å². The molecular formula is C19H24N2O4S. The average Bonchev–Trinajstić information content (AvgIpc) is 2.86. The first-order valence-corrected chi connectivity index (χ1v) is 10.3. The molecular weight excluding hydrogens is 352 g/mol. The number of H-pyrrole nitrogens is 1. The predicted octanol–water partition coefficient (Wildman–Crippen LogP) is 2.57. The number of carbonyl (C=O) groups is 2. The molecule has 140 valence electrons. The number of rotatable bonds is 8. The van der Waals surface area contributed by atoms with Gasteiger partial charge in [0.25, 0.3) is 5.91 Å². The summed E-state index contributed by atoms with van der Waals surface area (Å²) in [5, 5.41) is 2.71. The van der Waals surface area contributed by atoms with Crippen LogP contribution in [0.5, 0.6) is 0 Å². The highest BCUT2D eigenvalue weighted by Crippen LogP contribution is 2.18. The van der Waals surface area contributed by atoms with Crippen LogP contribution in [-0.2, 0) is 15.6 Å². The Labute approximate surface area is 153 Å². The molecule has 2 rings (SSSR count). The molecule has 0 aliphatic carbocycles. The largest absolute Gasteiger partial charge is 0.354 e. The van der Waals surface area contributed by atoms with Crippen LogP contribution in [0.25, 0.3) is 0 Å². The van der Waals surface area contributed by atoms with Gasteiger partial charge in [-0.05, 0) is 38.3 Å². The van der Waals surface area contributed by atoms with Crippen LogP contribution >= 0.6 is 0 Å². The molecule has 0 aliphatic rings. The molecule has 0 unspecified atom stereocenters. The van der Waals surface area contributed by atoms with E-state index < -0.39 is 9.84 Å². The lowest BCUT2D eigenvalue weighted by molar-refractivity contribution is 0.0948. The Hall–Kier alpha value is -2.41. The summed E-state index contributed by atoms with van der Waals surface area (Å²) in [5.41, 5.74) is 2.90. The van der Waals surface area contributed by atoms with Crippen molar-refractivity contribution in [2.75, 3.05) is 12.3 Å². The van der Waals surface area contributed by atoms with Crippen molar-refractivity contribution in [3.8, 4) is 0 Å². The molecule has 1 heterocycles. The fraction of sp³-hybridized carbons (Fsp3) is 0.368. The fourth-order valence-electron chi connectivity index (χ4n) is 2.99. The van der Waals surface area contributed by atoms with Crippen LogP contribution in [0.2, 0.25) is 0 Å². The standard InChI is InChI=1S/C19H24N2O4S/c1-13-17(15(3)22)14(2)21-18(13)19(23)20-10-7-11-26(24,25)12-16-8-5-4-6-9-16/h4-6,8-9,21H,7,10-12H2,1-3H3,(H,20,23). The number of Topliss-reactive ketones (excluding diaryl/α,β-unsaturated/α-hetero) is 1. The van der Waals surface area contributed by atoms with E-state index in [-0.39, 0.29) is 29.7 Å². The maximum absolute atomic E-state index is 12.3. The van der Waals surface area contributed by atoms with Crippen LogP contribution < -0.4 is 5.32 Å². The van der Waals surface area contributed by atoms with Crippen molar-refractivity contribution >= 4 is 21.5 Å². The van der Waals surface area contributed by atoms with Crippen molar-refractivity contribution in [2.45, 2.75) is 32.9 Å². The molecule has 0 atom stereocenters. The fourth-order valence-corrected chi connectivity index (χ4v) is 4.42. The molecule has 1 aromatic carbocycles. The first-order valence-electron chi connectivity index (χ1n) is 8.44. The number of nitrogens with one attached hydrogen (secondary N) is 2. The normalized spacial score (nSPS) is 11.3. The minimum absolute atomic E-state index is 0.00130. The molecule has 2 N–H and O–H groups in total. The summed E-state index contributed by atoms with van der Waals surface area (Å²) in [6, 6.07) is 9.01. The van der Waals surface area contributed by atoms with Gasteiger partial charge < -0.3 is 10.3 Å². The van der Waals surface area contributed by atoms with Crippen molar-refractivity contribution in [1.82, 2.24) is 10.3 Å². The Bertz CT molecular complexity index is 899. The van der Waals surface area contributed by atoms with Crippen LogP contribution in [0.3, 0.4) is 0 Å². The van der Waals surface area contributed by atoms with Crippen molar-refractivity contribution < 1.29 is 18.0 Å². The number of aryl methyl sites for hydroxylation is 1. The number of benzene rings is 1. The average molecular weight is 376 g/mol. The molecule has 1 amide bonds. The summed E-state index contributed by atoms with van der Waals surface area (Å²) < 4.78 is 24.3. The second kappa shape index (κ2) is 8.31. The molecule has 0 spiro atoms. The minimum atomic E-state index is -3.22. The second-order valence-corrected chi connectivity index (χ2v) is 8.55. The topological polar surface area (TPSA) is 96.1 Å². The Balaban J connectivity index is 1.87. The van der Waals surface area contributed by atoms with E-state index in [9.17, 15) is 18.0 Å². The van der Waals surface area contributed by atoms with Gasteiger partial charge in [-0.25, -0.2) is 8.42 Å². The highest BCUT2D eigenvalue weighted by molar-refractivity contribution is 7.90. The monoisotopic (exact) mass is 376 g/mol. The van der Waals surface area contributed by atoms with Gasteiger partial charge in [0.15, 0.2) is 15.6 Å². The SMILES string of the molecule is CC(=O)c1c(C)[nH]c(C(=O)NCCCS(=O)(=O)Cc2ccccc2)c1C. The van der Waals surface area contributed by atoms with Crippen LogP contribution in [0.4, 0.5) is 0 Å². The first kappa shape index (κ1) is 19.9. The van der Waals surface area contributed by atoms with Crippen LogP contribution in [0.1, 0.15) is 51.0 Å². The van der Waals surface area contributed by atoms with Gasteiger partial charge >= 0.3 is 0 Å². The Kier molecular flexibility index (Phi) is 6.37. The lowest BCUT2D eigenvalue weighted by Crippen LogP contribution is -2.27. The molecule has 0 radical (unpaired) electrons. The highest BCUT2D eigenvalue weighted by Gasteiger charge is 2.19. The van der Waals surface area contributed by atoms with Crippen molar-refractivity contribution in [2.24, 2.45) is 0 Å². The van der Waals surface area contributed by atoms with Gasteiger partial charge in [-0.3, -0.25) is 9.59 Å². The first-order chi connectivity index (χ1) is 12.2. The van der Waals surface area contributed by atoms with Crippen LogP contribution in [0.15, 0.2) is 30.3 Å². The lowest BCUT2D eigenvalue weighted by atomic mass is 10.1. The van der Waals surface area contributed by atoms with Crippen LogP contribution in [0, 0.1) is 13.8 Å². The Morgan fingerprint density at radius 2 is 1.77 bits per heavy atom. The zero-order chi connectivity index (χ0) is 19.3. The molecule has 26 heavy (non-hydrogen) atoms. The summed E-state index contributed by atoms with van der Waals surface area (Å²) in [5.74, 6) is -0.427. The van der Waals surface area contributed by atoms with Gasteiger partial charge in [0, 0.05) is 17.8 Å². The van der Waals surface area contributed by atoms with E-state index in [0.717, 1.165) is 5.56 Å². The maximum Gasteiger partial charge on any atom is 0.268 e. The summed E-state index contributed by atoms with van der Waals surface area (Å²) in [7, 11) is -3.22. The van der Waals surface area contributed by atoms with Gasteiger partial charge in [-0.2, -0.15) is 0 Å². The molecule has 0 aliphatic heterocycles. The highest BCUT2D eigenvalue weighted by atomic mass is 32.2. The number of aromatic nitrogens is 1. The maximum atomic E-state index is 12.3. The molecule has 0 bridgehead atoms. The second-order valence-electron chi connectivity index (χ2n) is 6.37. The molecule has 0 saturated carbocycles. The number of carbonyl (C=O) groups excluding carboxylic acids is 2. The third kappa shape index (κ3) is 5.05. The molecule has 1 aromatic heterocycles. The number of sulfone groups is 1. The number of hydrogen-bond donors (Lipinski definition) is 2. The van der Waals surface area contributed by atoms with Crippen molar-refractivity contribution in [3.05, 3.63) is 58.4 Å². The van der Waals surface area contributed by atoms with E-state index in [1.807, 2.05) is 6.07 Å². The van der Waals surface area contributed by atoms with E-state index in [1.165, 1.54) is 6.92 Å². The van der Waals surface area contributed by atoms with Gasteiger partial charge in [0.05, 0.1) is 11.5 Å². The Morgan fingerprint density at radius 3 is 2.35 bits per heavy atom. The Morgan fingerprint density at radius 1 is 1.12 bits per heavy atom. The number of hydrogen-bond acceptors (Lipinski definition) is 4. The van der Waals surface area contributed by atoms with Gasteiger partial charge in [-0.15, -0.1) is 0 Å². The van der Waals surface area contributed by atoms with Gasteiger partial charge in [0.2, 0.25) is 0 Å². The molecule has 0 fully saturated rings. The lowest BCUT2D eigenvalue weighted by Gasteiger charge is -2.07. The summed E-state index contributed by atoms with van der Waals surface area (Å²) in [6.45, 7) is 5.18. The van der Waals surface area contributed by atoms with E-state index in [2.05, 4.69) is 10.3 Å². The number of aromatic amines is 1. The number of amides is 1. The van der Waals surface area contributed by atoms with Crippen LogP contribution in [-0.4, -0.2) is 37.4 Å². The molecule has 6 nitrogen and oxygen atoms in total. The quantitative estimate of drug-likeness (QED) is 0.547. The van der Waals surface area contributed by atoms with E-state index in [1.54, 1.807) is 38.1 Å². The number of ketones is 1. The summed E-state index contributed by atoms with van der Waals surface area (Å²) >= 11 is 0. The zero-order valence-electron chi connectivity index (χ0n) is 15.3. The van der Waals surface area contributed by atoms with Crippen molar-refractivity contribution in [1.29, 1.82) is 0 Å². The predicted molar refractivity (Wildman–Crippen MR) is 101 cm³/mol. The third-order valence-electron chi connectivity index (χ3n) is 4.16. The van der Waals surface area contributed by atoms with E-state index in [0.29, 0.717) is 28.9 Å². The van der Waals surface area contributed by atoms with E-state index in [4.69, 9.17) is 0 Å². The smallest absolute Gasteiger partial charge is 0.268 e.